The number of hydrogen-bond acceptors (Lipinski definition) is 1. The Morgan fingerprint density at radius 3 is 2.12 bits per heavy atom. The average molecular weight is 140 g/mol. The molecular weight excluding hydrogens is 132 g/mol. The van der Waals surface area contributed by atoms with Crippen LogP contribution in [0.25, 0.3) is 0 Å². The quantitative estimate of drug-likeness (QED) is 0.526. The van der Waals surface area contributed by atoms with Gasteiger partial charge in [-0.3, -0.25) is 0 Å². The second-order valence-corrected chi connectivity index (χ2v) is 3.62. The number of benzene rings is 1. The van der Waals surface area contributed by atoms with Crippen LogP contribution in [0.1, 0.15) is 0 Å². The zero-order valence-corrected chi connectivity index (χ0v) is 7.61. The Hall–Kier alpha value is -0.213. The number of hydrogen-bond donors (Lipinski definition) is 0. The first-order chi connectivity index (χ1) is 3.93. The van der Waals surface area contributed by atoms with Crippen LogP contribution in [0.2, 0.25) is 0 Å². The van der Waals surface area contributed by atoms with Gasteiger partial charge in [-0.15, -0.1) is 0 Å². The van der Waals surface area contributed by atoms with Gasteiger partial charge in [0.15, 0.2) is 0 Å². The van der Waals surface area contributed by atoms with Crippen molar-refractivity contribution in [3.8, 4) is 0 Å². The van der Waals surface area contributed by atoms with Crippen molar-refractivity contribution >= 4 is 20.6 Å². The monoisotopic (exact) mass is 140 g/mol. The van der Waals surface area contributed by atoms with Crippen molar-refractivity contribution in [2.24, 2.45) is 0 Å². The first-order valence-corrected chi connectivity index (χ1v) is 6.20. The van der Waals surface area contributed by atoms with E-state index in [-0.39, 0.29) is 0 Å². The summed E-state index contributed by atoms with van der Waals surface area (Å²) in [5.74, 6) is 0. The minimum absolute atomic E-state index is 1.19. The van der Waals surface area contributed by atoms with Crippen LogP contribution >= 0.6 is 11.2 Å². The molecule has 1 rings (SSSR count). The van der Waals surface area contributed by atoms with Crippen LogP contribution in [0.15, 0.2) is 35.2 Å². The van der Waals surface area contributed by atoms with Gasteiger partial charge in [0.05, 0.1) is 9.39 Å². The fraction of sp³-hybridized carbons (Fsp3) is 0. The van der Waals surface area contributed by atoms with Crippen molar-refractivity contribution in [3.05, 3.63) is 30.3 Å². The Kier molecular flexibility index (Phi) is 2.18. The molecule has 0 saturated carbocycles. The summed E-state index contributed by atoms with van der Waals surface area (Å²) in [7, 11) is 1.19. The molecule has 2 heteroatoms. The lowest BCUT2D eigenvalue weighted by Crippen LogP contribution is -1.63. The lowest BCUT2D eigenvalue weighted by Gasteiger charge is -1.89. The fourth-order valence-electron chi connectivity index (χ4n) is 0.557. The summed E-state index contributed by atoms with van der Waals surface area (Å²) in [6.07, 6.45) is 0. The van der Waals surface area contributed by atoms with Crippen molar-refractivity contribution in [2.75, 3.05) is 0 Å². The predicted octanol–water partition coefficient (Wildman–Crippen LogP) is 1.06. The van der Waals surface area contributed by atoms with Gasteiger partial charge in [-0.1, -0.05) is 18.2 Å². The molecule has 0 amide bonds. The van der Waals surface area contributed by atoms with Crippen molar-refractivity contribution in [1.82, 2.24) is 0 Å². The third-order valence-electron chi connectivity index (χ3n) is 0.979. The highest BCUT2D eigenvalue weighted by Gasteiger charge is 1.80. The molecule has 0 bridgehead atoms. The highest BCUT2D eigenvalue weighted by Crippen LogP contribution is 2.10. The molecule has 0 heterocycles. The van der Waals surface area contributed by atoms with Gasteiger partial charge in [-0.2, -0.15) is 11.2 Å². The average Bonchev–Trinajstić information content (AvgIpc) is 1.90. The molecule has 42 valence electrons. The molecular formula is C6H8SSi. The van der Waals surface area contributed by atoms with Gasteiger partial charge in [0.25, 0.3) is 0 Å². The van der Waals surface area contributed by atoms with Gasteiger partial charge < -0.3 is 0 Å². The summed E-state index contributed by atoms with van der Waals surface area (Å²) in [6.45, 7) is 0. The highest BCUT2D eigenvalue weighted by atomic mass is 32.4. The van der Waals surface area contributed by atoms with E-state index >= 15 is 0 Å². The Morgan fingerprint density at radius 1 is 1.12 bits per heavy atom. The largest absolute Gasteiger partial charge is 0.164 e. The summed E-state index contributed by atoms with van der Waals surface area (Å²) in [6, 6.07) is 10.5. The van der Waals surface area contributed by atoms with Gasteiger partial charge >= 0.3 is 0 Å². The maximum Gasteiger partial charge on any atom is 0.0758 e. The lowest BCUT2D eigenvalue weighted by atomic mass is 10.4. The molecule has 1 aromatic carbocycles. The summed E-state index contributed by atoms with van der Waals surface area (Å²) < 4.78 is 0. The number of rotatable bonds is 1. The normalized spacial score (nSPS) is 9.50. The molecule has 0 saturated heterocycles. The lowest BCUT2D eigenvalue weighted by molar-refractivity contribution is 1.48. The van der Waals surface area contributed by atoms with Gasteiger partial charge in [-0.05, 0) is 12.1 Å². The van der Waals surface area contributed by atoms with Crippen LogP contribution in [0.5, 0.6) is 0 Å². The topological polar surface area (TPSA) is 0 Å². The molecule has 0 N–H and O–H groups in total. The van der Waals surface area contributed by atoms with Crippen LogP contribution in [-0.4, -0.2) is 9.39 Å². The second-order valence-electron chi connectivity index (χ2n) is 1.52. The zero-order valence-electron chi connectivity index (χ0n) is 4.79. The van der Waals surface area contributed by atoms with Crippen molar-refractivity contribution < 1.29 is 0 Å². The van der Waals surface area contributed by atoms with Gasteiger partial charge in [-0.25, -0.2) is 0 Å². The zero-order chi connectivity index (χ0) is 5.82. The summed E-state index contributed by atoms with van der Waals surface area (Å²) in [5, 5.41) is 0. The van der Waals surface area contributed by atoms with E-state index < -0.39 is 0 Å². The minimum Gasteiger partial charge on any atom is -0.164 e. The molecule has 0 aliphatic rings. The Bertz CT molecular complexity index is 150. The van der Waals surface area contributed by atoms with Crippen molar-refractivity contribution in [2.45, 2.75) is 4.90 Å². The van der Waals surface area contributed by atoms with E-state index in [1.165, 1.54) is 14.3 Å². The van der Waals surface area contributed by atoms with E-state index in [4.69, 9.17) is 0 Å². The fourth-order valence-corrected chi connectivity index (χ4v) is 1.80. The standard InChI is InChI=1S/C6H8SSi/c8-7-6-4-2-1-3-5-6/h1-5H,8H3. The molecule has 1 aromatic rings. The van der Waals surface area contributed by atoms with Crippen LogP contribution in [-0.2, 0) is 0 Å². The van der Waals surface area contributed by atoms with E-state index in [1.54, 1.807) is 0 Å². The van der Waals surface area contributed by atoms with E-state index in [0.717, 1.165) is 0 Å². The first-order valence-electron chi connectivity index (χ1n) is 2.52. The van der Waals surface area contributed by atoms with Crippen LogP contribution in [0, 0.1) is 0 Å². The van der Waals surface area contributed by atoms with Gasteiger partial charge in [0.2, 0.25) is 0 Å². The molecule has 0 fully saturated rings. The molecule has 0 aliphatic carbocycles. The summed E-state index contributed by atoms with van der Waals surface area (Å²) in [4.78, 5) is 1.39. The third-order valence-corrected chi connectivity index (χ3v) is 3.14. The molecule has 0 atom stereocenters. The van der Waals surface area contributed by atoms with E-state index in [1.807, 2.05) is 17.3 Å². The van der Waals surface area contributed by atoms with Gasteiger partial charge in [0.1, 0.15) is 0 Å². The summed E-state index contributed by atoms with van der Waals surface area (Å²) in [5.41, 5.74) is 0. The van der Waals surface area contributed by atoms with Gasteiger partial charge in [0, 0.05) is 4.90 Å². The van der Waals surface area contributed by atoms with Crippen molar-refractivity contribution in [3.63, 3.8) is 0 Å². The second kappa shape index (κ2) is 2.94. The molecule has 0 aliphatic heterocycles. The van der Waals surface area contributed by atoms with Crippen LogP contribution in [0.4, 0.5) is 0 Å². The first kappa shape index (κ1) is 5.92. The molecule has 0 radical (unpaired) electrons. The summed E-state index contributed by atoms with van der Waals surface area (Å²) >= 11 is 1.91. The molecule has 0 unspecified atom stereocenters. The molecule has 0 spiro atoms. The Morgan fingerprint density at radius 2 is 1.75 bits per heavy atom. The Labute approximate surface area is 56.4 Å². The van der Waals surface area contributed by atoms with E-state index in [2.05, 4.69) is 24.3 Å². The molecule has 0 nitrogen and oxygen atoms in total. The molecule has 0 aromatic heterocycles. The van der Waals surface area contributed by atoms with E-state index in [9.17, 15) is 0 Å². The maximum atomic E-state index is 2.14. The highest BCUT2D eigenvalue weighted by molar-refractivity contribution is 8.19. The van der Waals surface area contributed by atoms with E-state index in [0.29, 0.717) is 0 Å². The van der Waals surface area contributed by atoms with Crippen molar-refractivity contribution in [1.29, 1.82) is 0 Å². The minimum atomic E-state index is 1.19. The predicted molar refractivity (Wildman–Crippen MR) is 42.2 cm³/mol. The maximum absolute atomic E-state index is 2.14. The Balaban J connectivity index is 2.83. The SMILES string of the molecule is [SiH3]Sc1ccccc1. The smallest absolute Gasteiger partial charge is 0.0758 e. The molecule has 8 heavy (non-hydrogen) atoms. The van der Waals surface area contributed by atoms with Crippen LogP contribution in [0.3, 0.4) is 0 Å². The third kappa shape index (κ3) is 1.38. The van der Waals surface area contributed by atoms with Crippen LogP contribution < -0.4 is 0 Å².